The molecule has 0 saturated heterocycles. The summed E-state index contributed by atoms with van der Waals surface area (Å²) < 4.78 is 36.5. The summed E-state index contributed by atoms with van der Waals surface area (Å²) in [6.45, 7) is 2.01. The minimum atomic E-state index is -4.03. The van der Waals surface area contributed by atoms with Crippen molar-refractivity contribution in [1.29, 1.82) is 0 Å². The van der Waals surface area contributed by atoms with E-state index in [4.69, 9.17) is 20.5 Å². The summed E-state index contributed by atoms with van der Waals surface area (Å²) in [7, 11) is -2.58. The number of benzene rings is 3. The van der Waals surface area contributed by atoms with Crippen LogP contribution >= 0.6 is 34.2 Å². The average molecular weight is 542 g/mol. The van der Waals surface area contributed by atoms with Crippen molar-refractivity contribution >= 4 is 56.2 Å². The van der Waals surface area contributed by atoms with Crippen LogP contribution in [0.3, 0.4) is 0 Å². The first kappa shape index (κ1) is 21.6. The molecular weight excluding hydrogens is 525 g/mol. The van der Waals surface area contributed by atoms with E-state index in [1.807, 2.05) is 53.8 Å². The molecule has 150 valence electrons. The highest BCUT2D eigenvalue weighted by Crippen LogP contribution is 2.36. The van der Waals surface area contributed by atoms with Gasteiger partial charge < -0.3 is 8.92 Å². The predicted octanol–water partition coefficient (Wildman–Crippen LogP) is 5.78. The molecule has 0 bridgehead atoms. The van der Waals surface area contributed by atoms with E-state index in [1.54, 1.807) is 18.3 Å². The molecule has 0 aliphatic carbocycles. The van der Waals surface area contributed by atoms with Crippen molar-refractivity contribution in [3.05, 3.63) is 80.4 Å². The van der Waals surface area contributed by atoms with E-state index < -0.39 is 10.1 Å². The lowest BCUT2D eigenvalue weighted by molar-refractivity contribution is 0.389. The highest BCUT2D eigenvalue weighted by Gasteiger charge is 2.21. The largest absolute Gasteiger partial charge is 0.493 e. The van der Waals surface area contributed by atoms with Gasteiger partial charge in [0.25, 0.3) is 0 Å². The summed E-state index contributed by atoms with van der Waals surface area (Å²) in [6, 6.07) is 17.0. The third-order valence-corrected chi connectivity index (χ3v) is 6.23. The molecule has 5 nitrogen and oxygen atoms in total. The van der Waals surface area contributed by atoms with Gasteiger partial charge in [-0.05, 0) is 83.6 Å². The van der Waals surface area contributed by atoms with Crippen LogP contribution in [0.5, 0.6) is 11.5 Å². The number of methoxy groups -OCH3 is 1. The molecule has 29 heavy (non-hydrogen) atoms. The summed E-state index contributed by atoms with van der Waals surface area (Å²) in [5.41, 5.74) is 2.72. The fourth-order valence-electron chi connectivity index (χ4n) is 2.43. The second-order valence-electron chi connectivity index (χ2n) is 6.12. The Labute approximate surface area is 188 Å². The number of aryl methyl sites for hydroxylation is 1. The van der Waals surface area contributed by atoms with Crippen molar-refractivity contribution in [2.24, 2.45) is 4.99 Å². The van der Waals surface area contributed by atoms with E-state index in [0.29, 0.717) is 14.3 Å². The fourth-order valence-corrected chi connectivity index (χ4v) is 4.40. The van der Waals surface area contributed by atoms with Crippen LogP contribution in [-0.2, 0) is 10.1 Å². The van der Waals surface area contributed by atoms with Gasteiger partial charge in [-0.15, -0.1) is 0 Å². The van der Waals surface area contributed by atoms with Gasteiger partial charge in [-0.25, -0.2) is 0 Å². The van der Waals surface area contributed by atoms with Gasteiger partial charge in [-0.3, -0.25) is 4.99 Å². The minimum absolute atomic E-state index is 0.00441. The first-order chi connectivity index (χ1) is 13.8. The Kier molecular flexibility index (Phi) is 6.81. The third-order valence-electron chi connectivity index (χ3n) is 3.94. The number of halogens is 2. The molecule has 0 aliphatic rings. The molecule has 0 saturated carbocycles. The quantitative estimate of drug-likeness (QED) is 0.225. The molecule has 3 rings (SSSR count). The van der Waals surface area contributed by atoms with Gasteiger partial charge in [0.05, 0.1) is 16.4 Å². The summed E-state index contributed by atoms with van der Waals surface area (Å²) in [6.07, 6.45) is 1.69. The lowest BCUT2D eigenvalue weighted by Crippen LogP contribution is -2.11. The molecule has 0 aliphatic heterocycles. The zero-order chi connectivity index (χ0) is 21.0. The third kappa shape index (κ3) is 5.49. The number of hydrogen-bond acceptors (Lipinski definition) is 5. The van der Waals surface area contributed by atoms with E-state index in [2.05, 4.69) is 4.99 Å². The van der Waals surface area contributed by atoms with Crippen molar-refractivity contribution in [3.8, 4) is 11.5 Å². The Morgan fingerprint density at radius 2 is 1.69 bits per heavy atom. The average Bonchev–Trinajstić information content (AvgIpc) is 2.69. The van der Waals surface area contributed by atoms with Gasteiger partial charge in [-0.2, -0.15) is 8.42 Å². The molecular formula is C21H17ClINO4S. The second kappa shape index (κ2) is 9.15. The van der Waals surface area contributed by atoms with Crippen LogP contribution in [0, 0.1) is 10.5 Å². The van der Waals surface area contributed by atoms with E-state index in [1.165, 1.54) is 31.4 Å². The molecule has 0 unspecified atom stereocenters. The van der Waals surface area contributed by atoms with Gasteiger partial charge in [0, 0.05) is 11.2 Å². The summed E-state index contributed by atoms with van der Waals surface area (Å²) in [4.78, 5) is 4.44. The van der Waals surface area contributed by atoms with E-state index in [0.717, 1.165) is 16.8 Å². The monoisotopic (exact) mass is 541 g/mol. The van der Waals surface area contributed by atoms with Crippen LogP contribution in [0.1, 0.15) is 11.1 Å². The topological polar surface area (TPSA) is 65.0 Å². The number of ether oxygens (including phenoxy) is 1. The lowest BCUT2D eigenvalue weighted by atomic mass is 10.2. The summed E-state index contributed by atoms with van der Waals surface area (Å²) in [5, 5.41) is 0.438. The van der Waals surface area contributed by atoms with Crippen LogP contribution in [0.4, 0.5) is 5.69 Å². The molecule has 0 spiro atoms. The highest BCUT2D eigenvalue weighted by molar-refractivity contribution is 14.1. The van der Waals surface area contributed by atoms with Gasteiger partial charge in [0.1, 0.15) is 4.90 Å². The Morgan fingerprint density at radius 3 is 2.31 bits per heavy atom. The molecule has 8 heteroatoms. The van der Waals surface area contributed by atoms with Crippen molar-refractivity contribution in [2.45, 2.75) is 11.8 Å². The van der Waals surface area contributed by atoms with Crippen LogP contribution in [0.25, 0.3) is 0 Å². The SMILES string of the molecule is COc1cc(C=Nc2ccc(C)cc2)cc(I)c1OS(=O)(=O)c1ccc(Cl)cc1. The summed E-state index contributed by atoms with van der Waals surface area (Å²) in [5.74, 6) is 0.412. The Bertz CT molecular complexity index is 1140. The van der Waals surface area contributed by atoms with Crippen LogP contribution < -0.4 is 8.92 Å². The first-order valence-corrected chi connectivity index (χ1v) is 11.3. The molecule has 0 N–H and O–H groups in total. The standard InChI is InChI=1S/C21H17ClINO4S/c1-14-3-7-17(8-4-14)24-13-15-11-19(23)21(20(12-15)27-2)28-29(25,26)18-9-5-16(22)6-10-18/h3-13H,1-2H3. The molecule has 0 radical (unpaired) electrons. The maximum absolute atomic E-state index is 12.6. The number of hydrogen-bond donors (Lipinski definition) is 0. The van der Waals surface area contributed by atoms with E-state index >= 15 is 0 Å². The minimum Gasteiger partial charge on any atom is -0.493 e. The predicted molar refractivity (Wildman–Crippen MR) is 123 cm³/mol. The Morgan fingerprint density at radius 1 is 1.03 bits per heavy atom. The molecule has 0 heterocycles. The molecule has 3 aromatic carbocycles. The van der Waals surface area contributed by atoms with Crippen molar-refractivity contribution < 1.29 is 17.3 Å². The van der Waals surface area contributed by atoms with Crippen molar-refractivity contribution in [1.82, 2.24) is 0 Å². The van der Waals surface area contributed by atoms with Gasteiger partial charge in [0.2, 0.25) is 0 Å². The van der Waals surface area contributed by atoms with Gasteiger partial charge >= 0.3 is 10.1 Å². The van der Waals surface area contributed by atoms with Crippen LogP contribution in [0.15, 0.2) is 70.6 Å². The molecule has 0 amide bonds. The normalized spacial score (nSPS) is 11.6. The highest BCUT2D eigenvalue weighted by atomic mass is 127. The van der Waals surface area contributed by atoms with E-state index in [9.17, 15) is 8.42 Å². The first-order valence-electron chi connectivity index (χ1n) is 8.47. The fraction of sp³-hybridized carbons (Fsp3) is 0.0952. The number of rotatable bonds is 6. The van der Waals surface area contributed by atoms with Crippen LogP contribution in [0.2, 0.25) is 5.02 Å². The Hall–Kier alpha value is -2.10. The molecule has 3 aromatic rings. The number of aliphatic imine (C=N–C) groups is 1. The molecule has 0 fully saturated rings. The Balaban J connectivity index is 1.90. The zero-order valence-electron chi connectivity index (χ0n) is 15.6. The van der Waals surface area contributed by atoms with Crippen LogP contribution in [-0.4, -0.2) is 21.7 Å². The maximum atomic E-state index is 12.6. The number of nitrogens with zero attached hydrogens (tertiary/aromatic N) is 1. The second-order valence-corrected chi connectivity index (χ2v) is 9.26. The van der Waals surface area contributed by atoms with Gasteiger partial charge in [0.15, 0.2) is 11.5 Å². The van der Waals surface area contributed by atoms with E-state index in [-0.39, 0.29) is 10.6 Å². The van der Waals surface area contributed by atoms with Crippen molar-refractivity contribution in [2.75, 3.05) is 7.11 Å². The molecule has 0 aromatic heterocycles. The smallest absolute Gasteiger partial charge is 0.339 e. The summed E-state index contributed by atoms with van der Waals surface area (Å²) >= 11 is 7.83. The van der Waals surface area contributed by atoms with Crippen molar-refractivity contribution in [3.63, 3.8) is 0 Å². The lowest BCUT2D eigenvalue weighted by Gasteiger charge is -2.13. The molecule has 0 atom stereocenters. The maximum Gasteiger partial charge on any atom is 0.339 e. The zero-order valence-corrected chi connectivity index (χ0v) is 19.3. The van der Waals surface area contributed by atoms with Gasteiger partial charge in [-0.1, -0.05) is 29.3 Å².